The van der Waals surface area contributed by atoms with Crippen LogP contribution in [-0.4, -0.2) is 48.3 Å². The smallest absolute Gasteiger partial charge is 0.213 e. The zero-order valence-electron chi connectivity index (χ0n) is 13.6. The Labute approximate surface area is 137 Å². The van der Waals surface area contributed by atoms with Crippen LogP contribution in [0.5, 0.6) is 5.88 Å². The van der Waals surface area contributed by atoms with E-state index < -0.39 is 0 Å². The summed E-state index contributed by atoms with van der Waals surface area (Å²) < 4.78 is 11.1. The molecule has 0 radical (unpaired) electrons. The molecule has 0 unspecified atom stereocenters. The average molecular weight is 318 g/mol. The summed E-state index contributed by atoms with van der Waals surface area (Å²) >= 11 is 0. The lowest BCUT2D eigenvalue weighted by Gasteiger charge is -2.21. The summed E-state index contributed by atoms with van der Waals surface area (Å²) in [6.45, 7) is 4.00. The van der Waals surface area contributed by atoms with Crippen molar-refractivity contribution in [3.8, 4) is 5.88 Å². The molecule has 0 amide bonds. The van der Waals surface area contributed by atoms with Crippen LogP contribution >= 0.6 is 0 Å². The third-order valence-electron chi connectivity index (χ3n) is 4.33. The predicted molar refractivity (Wildman–Crippen MR) is 89.5 cm³/mol. The largest absolute Gasteiger partial charge is 0.472 e. The maximum atomic E-state index is 6.15. The van der Waals surface area contributed by atoms with Gasteiger partial charge in [-0.2, -0.15) is 0 Å². The van der Waals surface area contributed by atoms with Crippen molar-refractivity contribution >= 4 is 5.96 Å². The van der Waals surface area contributed by atoms with Gasteiger partial charge in [0.15, 0.2) is 5.96 Å². The Morgan fingerprint density at radius 2 is 2.17 bits per heavy atom. The van der Waals surface area contributed by atoms with E-state index in [0.717, 1.165) is 31.7 Å². The van der Waals surface area contributed by atoms with E-state index in [2.05, 4.69) is 14.9 Å². The number of hydrogen-bond acceptors (Lipinski definition) is 4. The van der Waals surface area contributed by atoms with Gasteiger partial charge in [-0.05, 0) is 24.5 Å². The molecule has 1 aromatic heterocycles. The standard InChI is InChI=1S/C17H26N4O2/c18-17(21-8-3-1-2-4-9-21)20-12-14-5-7-19-16(11-14)23-15-6-10-22-13-15/h5,7,11,15H,1-4,6,8-10,12-13H2,(H2,18,20)/t15-/m1/s1. The molecule has 23 heavy (non-hydrogen) atoms. The highest BCUT2D eigenvalue weighted by molar-refractivity contribution is 5.78. The van der Waals surface area contributed by atoms with Gasteiger partial charge in [-0.1, -0.05) is 12.8 Å². The molecule has 2 saturated heterocycles. The Morgan fingerprint density at radius 3 is 2.91 bits per heavy atom. The van der Waals surface area contributed by atoms with Crippen LogP contribution in [0.4, 0.5) is 0 Å². The second kappa shape index (κ2) is 8.15. The predicted octanol–water partition coefficient (Wildman–Crippen LogP) is 1.94. The quantitative estimate of drug-likeness (QED) is 0.678. The zero-order chi connectivity index (χ0) is 15.9. The summed E-state index contributed by atoms with van der Waals surface area (Å²) in [5, 5.41) is 0. The van der Waals surface area contributed by atoms with Crippen LogP contribution in [0.25, 0.3) is 0 Å². The lowest BCUT2D eigenvalue weighted by Crippen LogP contribution is -2.38. The van der Waals surface area contributed by atoms with Gasteiger partial charge in [0.2, 0.25) is 5.88 Å². The van der Waals surface area contributed by atoms with E-state index >= 15 is 0 Å². The van der Waals surface area contributed by atoms with Crippen molar-refractivity contribution in [3.05, 3.63) is 23.9 Å². The maximum absolute atomic E-state index is 6.15. The first kappa shape index (κ1) is 16.1. The molecule has 1 atom stereocenters. The maximum Gasteiger partial charge on any atom is 0.213 e. The number of likely N-dealkylation sites (tertiary alicyclic amines) is 1. The van der Waals surface area contributed by atoms with Crippen LogP contribution in [0.3, 0.4) is 0 Å². The highest BCUT2D eigenvalue weighted by Gasteiger charge is 2.17. The minimum absolute atomic E-state index is 0.114. The van der Waals surface area contributed by atoms with Gasteiger partial charge in [0.25, 0.3) is 0 Å². The second-order valence-electron chi connectivity index (χ2n) is 6.18. The molecule has 126 valence electrons. The fourth-order valence-corrected chi connectivity index (χ4v) is 2.96. The highest BCUT2D eigenvalue weighted by atomic mass is 16.5. The first-order valence-corrected chi connectivity index (χ1v) is 8.55. The van der Waals surface area contributed by atoms with E-state index in [1.54, 1.807) is 6.20 Å². The molecule has 6 nitrogen and oxygen atoms in total. The topological polar surface area (TPSA) is 73.0 Å². The van der Waals surface area contributed by atoms with Crippen LogP contribution < -0.4 is 10.5 Å². The van der Waals surface area contributed by atoms with E-state index in [4.69, 9.17) is 15.2 Å². The summed E-state index contributed by atoms with van der Waals surface area (Å²) in [5.74, 6) is 1.29. The lowest BCUT2D eigenvalue weighted by atomic mass is 10.2. The van der Waals surface area contributed by atoms with Crippen molar-refractivity contribution < 1.29 is 9.47 Å². The summed E-state index contributed by atoms with van der Waals surface area (Å²) in [4.78, 5) is 11.0. The fourth-order valence-electron chi connectivity index (χ4n) is 2.96. The van der Waals surface area contributed by atoms with Crippen molar-refractivity contribution in [2.75, 3.05) is 26.3 Å². The van der Waals surface area contributed by atoms with Gasteiger partial charge in [-0.25, -0.2) is 9.98 Å². The normalized spacial score (nSPS) is 22.9. The van der Waals surface area contributed by atoms with Crippen LogP contribution in [0.1, 0.15) is 37.7 Å². The molecule has 0 spiro atoms. The zero-order valence-corrected chi connectivity index (χ0v) is 13.6. The van der Waals surface area contributed by atoms with Gasteiger partial charge in [0.05, 0.1) is 19.8 Å². The summed E-state index contributed by atoms with van der Waals surface area (Å²) in [5.41, 5.74) is 7.21. The number of guanidine groups is 1. The Hall–Kier alpha value is -1.82. The molecule has 0 aliphatic carbocycles. The number of aromatic nitrogens is 1. The number of ether oxygens (including phenoxy) is 2. The molecule has 1 aromatic rings. The molecule has 3 heterocycles. The number of rotatable bonds is 4. The van der Waals surface area contributed by atoms with E-state index in [-0.39, 0.29) is 6.10 Å². The fraction of sp³-hybridized carbons (Fsp3) is 0.647. The SMILES string of the molecule is NC(=NCc1ccnc(O[C@@H]2CCOC2)c1)N1CCCCCC1. The molecule has 6 heteroatoms. The first-order valence-electron chi connectivity index (χ1n) is 8.55. The molecule has 0 bridgehead atoms. The first-order chi connectivity index (χ1) is 11.3. The molecule has 2 aliphatic rings. The van der Waals surface area contributed by atoms with Crippen molar-refractivity contribution in [2.45, 2.75) is 44.8 Å². The molecule has 2 N–H and O–H groups in total. The lowest BCUT2D eigenvalue weighted by molar-refractivity contribution is 0.138. The summed E-state index contributed by atoms with van der Waals surface area (Å²) in [7, 11) is 0. The monoisotopic (exact) mass is 318 g/mol. The minimum Gasteiger partial charge on any atom is -0.472 e. The summed E-state index contributed by atoms with van der Waals surface area (Å²) in [6, 6.07) is 3.90. The van der Waals surface area contributed by atoms with Crippen molar-refractivity contribution in [1.29, 1.82) is 0 Å². The summed E-state index contributed by atoms with van der Waals surface area (Å²) in [6.07, 6.45) is 7.78. The van der Waals surface area contributed by atoms with Crippen molar-refractivity contribution in [1.82, 2.24) is 9.88 Å². The Kier molecular flexibility index (Phi) is 5.69. The van der Waals surface area contributed by atoms with Gasteiger partial charge in [0, 0.05) is 31.8 Å². The Morgan fingerprint density at radius 1 is 1.35 bits per heavy atom. The molecule has 2 fully saturated rings. The molecule has 0 aromatic carbocycles. The Balaban J connectivity index is 1.57. The third kappa shape index (κ3) is 4.82. The van der Waals surface area contributed by atoms with Gasteiger partial charge >= 0.3 is 0 Å². The van der Waals surface area contributed by atoms with Crippen LogP contribution in [-0.2, 0) is 11.3 Å². The van der Waals surface area contributed by atoms with E-state index in [9.17, 15) is 0 Å². The van der Waals surface area contributed by atoms with Crippen molar-refractivity contribution in [3.63, 3.8) is 0 Å². The molecule has 3 rings (SSSR count). The van der Waals surface area contributed by atoms with Gasteiger partial charge in [-0.15, -0.1) is 0 Å². The number of pyridine rings is 1. The average Bonchev–Trinajstić information content (AvgIpc) is 2.92. The van der Waals surface area contributed by atoms with Crippen LogP contribution in [0.15, 0.2) is 23.3 Å². The third-order valence-corrected chi connectivity index (χ3v) is 4.33. The van der Waals surface area contributed by atoms with E-state index in [1.165, 1.54) is 25.7 Å². The van der Waals surface area contributed by atoms with Crippen LogP contribution in [0.2, 0.25) is 0 Å². The molecule has 2 aliphatic heterocycles. The highest BCUT2D eigenvalue weighted by Crippen LogP contribution is 2.16. The van der Waals surface area contributed by atoms with Gasteiger partial charge < -0.3 is 20.1 Å². The van der Waals surface area contributed by atoms with Crippen molar-refractivity contribution in [2.24, 2.45) is 10.7 Å². The number of nitrogens with zero attached hydrogens (tertiary/aromatic N) is 3. The number of hydrogen-bond donors (Lipinski definition) is 1. The Bertz CT molecular complexity index is 521. The molecule has 0 saturated carbocycles. The van der Waals surface area contributed by atoms with E-state index in [0.29, 0.717) is 25.0 Å². The number of nitrogens with two attached hydrogens (primary N) is 1. The second-order valence-corrected chi connectivity index (χ2v) is 6.18. The molecular weight excluding hydrogens is 292 g/mol. The number of aliphatic imine (C=N–C) groups is 1. The molecular formula is C17H26N4O2. The van der Waals surface area contributed by atoms with Gasteiger partial charge in [0.1, 0.15) is 6.10 Å². The van der Waals surface area contributed by atoms with Crippen LogP contribution in [0, 0.1) is 0 Å². The minimum atomic E-state index is 0.114. The van der Waals surface area contributed by atoms with Gasteiger partial charge in [-0.3, -0.25) is 0 Å². The van der Waals surface area contributed by atoms with E-state index in [1.807, 2.05) is 12.1 Å².